The first kappa shape index (κ1) is 19.9. The zero-order valence-corrected chi connectivity index (χ0v) is 17.3. The molecule has 1 aliphatic carbocycles. The van der Waals surface area contributed by atoms with Crippen LogP contribution in [-0.2, 0) is 14.8 Å². The maximum absolute atomic E-state index is 13.1. The molecule has 4 rings (SSSR count). The van der Waals surface area contributed by atoms with Gasteiger partial charge in [0.15, 0.2) is 5.82 Å². The fourth-order valence-corrected chi connectivity index (χ4v) is 5.59. The van der Waals surface area contributed by atoms with Crippen LogP contribution in [0.15, 0.2) is 35.6 Å². The van der Waals surface area contributed by atoms with E-state index in [1.807, 2.05) is 11.0 Å². The molecular weight excluding hydrogens is 390 g/mol. The van der Waals surface area contributed by atoms with E-state index in [9.17, 15) is 13.2 Å². The van der Waals surface area contributed by atoms with E-state index in [0.29, 0.717) is 37.7 Å². The Hall–Kier alpha value is -2.39. The number of carbonyl (C=O) groups excluding carboxylic acids is 1. The first-order valence-corrected chi connectivity index (χ1v) is 11.4. The molecule has 2 fully saturated rings. The van der Waals surface area contributed by atoms with E-state index in [4.69, 9.17) is 0 Å². The molecule has 2 aromatic heterocycles. The van der Waals surface area contributed by atoms with Gasteiger partial charge in [-0.1, -0.05) is 12.8 Å². The van der Waals surface area contributed by atoms with Crippen molar-refractivity contribution < 1.29 is 13.2 Å². The highest BCUT2D eigenvalue weighted by atomic mass is 32.2. The Labute approximate surface area is 171 Å². The van der Waals surface area contributed by atoms with Crippen LogP contribution in [0.25, 0.3) is 11.4 Å². The molecule has 0 bridgehead atoms. The normalized spacial score (nSPS) is 18.9. The Kier molecular flexibility index (Phi) is 5.60. The van der Waals surface area contributed by atoms with Crippen molar-refractivity contribution in [1.82, 2.24) is 24.2 Å². The van der Waals surface area contributed by atoms with E-state index >= 15 is 0 Å². The van der Waals surface area contributed by atoms with Crippen molar-refractivity contribution >= 4 is 15.9 Å². The molecule has 3 heterocycles. The minimum absolute atomic E-state index is 0.112. The summed E-state index contributed by atoms with van der Waals surface area (Å²) in [6.45, 7) is 3.13. The average molecular weight is 416 g/mol. The Bertz CT molecular complexity index is 982. The van der Waals surface area contributed by atoms with Crippen LogP contribution in [-0.4, -0.2) is 64.7 Å². The van der Waals surface area contributed by atoms with Crippen LogP contribution in [0.2, 0.25) is 0 Å². The molecule has 1 saturated carbocycles. The lowest BCUT2D eigenvalue weighted by atomic mass is 10.1. The average Bonchev–Trinajstić information content (AvgIpc) is 3.28. The SMILES string of the molecule is Cc1nc(-c2cccnc2)ncc1S(=O)(=O)N1CCN(C(=O)C2CCCC2)CC1. The maximum Gasteiger partial charge on any atom is 0.246 e. The Morgan fingerprint density at radius 1 is 1.10 bits per heavy atom. The molecule has 0 radical (unpaired) electrons. The molecule has 0 unspecified atom stereocenters. The molecule has 0 N–H and O–H groups in total. The Balaban J connectivity index is 1.47. The van der Waals surface area contributed by atoms with Gasteiger partial charge in [-0.3, -0.25) is 9.78 Å². The van der Waals surface area contributed by atoms with E-state index in [2.05, 4.69) is 15.0 Å². The molecule has 29 heavy (non-hydrogen) atoms. The van der Waals surface area contributed by atoms with Gasteiger partial charge in [0.2, 0.25) is 15.9 Å². The third-order valence-corrected chi connectivity index (χ3v) is 7.73. The standard InChI is InChI=1S/C20H25N5O3S/c1-15-18(14-22-19(23-15)17-7-4-8-21-13-17)29(27,28)25-11-9-24(10-12-25)20(26)16-5-2-3-6-16/h4,7-8,13-14,16H,2-3,5-6,9-12H2,1H3. The number of aryl methyl sites for hydroxylation is 1. The number of aromatic nitrogens is 3. The van der Waals surface area contributed by atoms with Crippen molar-refractivity contribution in [1.29, 1.82) is 0 Å². The van der Waals surface area contributed by atoms with E-state index in [1.165, 1.54) is 10.5 Å². The van der Waals surface area contributed by atoms with Crippen molar-refractivity contribution in [2.45, 2.75) is 37.5 Å². The molecule has 1 amide bonds. The van der Waals surface area contributed by atoms with Gasteiger partial charge in [-0.2, -0.15) is 4.31 Å². The third kappa shape index (κ3) is 4.02. The number of pyridine rings is 1. The fraction of sp³-hybridized carbons (Fsp3) is 0.500. The van der Waals surface area contributed by atoms with E-state index < -0.39 is 10.0 Å². The number of rotatable bonds is 4. The van der Waals surface area contributed by atoms with Crippen molar-refractivity contribution in [3.8, 4) is 11.4 Å². The summed E-state index contributed by atoms with van der Waals surface area (Å²) in [6.07, 6.45) is 8.80. The number of hydrogen-bond acceptors (Lipinski definition) is 6. The second-order valence-electron chi connectivity index (χ2n) is 7.60. The van der Waals surface area contributed by atoms with Gasteiger partial charge in [-0.05, 0) is 31.9 Å². The van der Waals surface area contributed by atoms with Crippen molar-refractivity contribution in [2.24, 2.45) is 5.92 Å². The summed E-state index contributed by atoms with van der Waals surface area (Å²) < 4.78 is 27.7. The minimum Gasteiger partial charge on any atom is -0.340 e. The summed E-state index contributed by atoms with van der Waals surface area (Å²) >= 11 is 0. The monoisotopic (exact) mass is 415 g/mol. The lowest BCUT2D eigenvalue weighted by Crippen LogP contribution is -2.51. The highest BCUT2D eigenvalue weighted by molar-refractivity contribution is 7.89. The Morgan fingerprint density at radius 3 is 2.45 bits per heavy atom. The van der Waals surface area contributed by atoms with Crippen molar-refractivity contribution in [2.75, 3.05) is 26.2 Å². The van der Waals surface area contributed by atoms with Crippen molar-refractivity contribution in [3.05, 3.63) is 36.4 Å². The zero-order chi connectivity index (χ0) is 20.4. The molecule has 0 atom stereocenters. The number of sulfonamides is 1. The molecule has 8 nitrogen and oxygen atoms in total. The van der Waals surface area contributed by atoms with E-state index in [1.54, 1.807) is 25.4 Å². The molecule has 154 valence electrons. The number of piperazine rings is 1. The van der Waals surface area contributed by atoms with E-state index in [-0.39, 0.29) is 16.7 Å². The first-order chi connectivity index (χ1) is 14.0. The van der Waals surface area contributed by atoms with E-state index in [0.717, 1.165) is 31.2 Å². The second kappa shape index (κ2) is 8.16. The lowest BCUT2D eigenvalue weighted by molar-refractivity contribution is -0.136. The van der Waals surface area contributed by atoms with Crippen LogP contribution in [0, 0.1) is 12.8 Å². The zero-order valence-electron chi connectivity index (χ0n) is 16.5. The third-order valence-electron chi connectivity index (χ3n) is 5.73. The summed E-state index contributed by atoms with van der Waals surface area (Å²) in [7, 11) is -3.71. The van der Waals surface area contributed by atoms with Crippen LogP contribution >= 0.6 is 0 Å². The number of carbonyl (C=O) groups is 1. The molecule has 1 saturated heterocycles. The Morgan fingerprint density at radius 2 is 1.83 bits per heavy atom. The van der Waals surface area contributed by atoms with Gasteiger partial charge in [-0.25, -0.2) is 18.4 Å². The van der Waals surface area contributed by atoms with Gasteiger partial charge in [0, 0.05) is 50.1 Å². The van der Waals surface area contributed by atoms with Crippen LogP contribution in [0.3, 0.4) is 0 Å². The highest BCUT2D eigenvalue weighted by Gasteiger charge is 2.34. The molecule has 2 aromatic rings. The van der Waals surface area contributed by atoms with Gasteiger partial charge in [0.25, 0.3) is 0 Å². The maximum atomic E-state index is 13.1. The minimum atomic E-state index is -3.71. The summed E-state index contributed by atoms with van der Waals surface area (Å²) in [5.41, 5.74) is 1.14. The van der Waals surface area contributed by atoms with Gasteiger partial charge < -0.3 is 4.90 Å². The molecule has 9 heteroatoms. The van der Waals surface area contributed by atoms with Crippen LogP contribution in [0.4, 0.5) is 0 Å². The lowest BCUT2D eigenvalue weighted by Gasteiger charge is -2.35. The van der Waals surface area contributed by atoms with Crippen LogP contribution in [0.5, 0.6) is 0 Å². The van der Waals surface area contributed by atoms with Crippen LogP contribution in [0.1, 0.15) is 31.4 Å². The number of hydrogen-bond donors (Lipinski definition) is 0. The molecule has 2 aliphatic rings. The van der Waals surface area contributed by atoms with Gasteiger partial charge >= 0.3 is 0 Å². The van der Waals surface area contributed by atoms with Crippen LogP contribution < -0.4 is 0 Å². The molecule has 0 aromatic carbocycles. The summed E-state index contributed by atoms with van der Waals surface area (Å²) in [5.74, 6) is 0.746. The quantitative estimate of drug-likeness (QED) is 0.756. The topological polar surface area (TPSA) is 96.4 Å². The second-order valence-corrected chi connectivity index (χ2v) is 9.50. The largest absolute Gasteiger partial charge is 0.340 e. The molecule has 0 spiro atoms. The summed E-state index contributed by atoms with van der Waals surface area (Å²) in [5, 5.41) is 0. The molecule has 1 aliphatic heterocycles. The fourth-order valence-electron chi connectivity index (χ4n) is 4.06. The smallest absolute Gasteiger partial charge is 0.246 e. The first-order valence-electron chi connectivity index (χ1n) is 10.00. The van der Waals surface area contributed by atoms with Crippen molar-refractivity contribution in [3.63, 3.8) is 0 Å². The highest BCUT2D eigenvalue weighted by Crippen LogP contribution is 2.28. The number of nitrogens with zero attached hydrogens (tertiary/aromatic N) is 5. The summed E-state index contributed by atoms with van der Waals surface area (Å²) in [6, 6.07) is 3.61. The summed E-state index contributed by atoms with van der Waals surface area (Å²) in [4.78, 5) is 27.2. The van der Waals surface area contributed by atoms with Gasteiger partial charge in [0.1, 0.15) is 4.90 Å². The predicted molar refractivity (Wildman–Crippen MR) is 107 cm³/mol. The van der Waals surface area contributed by atoms with Gasteiger partial charge in [0.05, 0.1) is 11.9 Å². The predicted octanol–water partition coefficient (Wildman–Crippen LogP) is 1.87. The van der Waals surface area contributed by atoms with Gasteiger partial charge in [-0.15, -0.1) is 0 Å². The number of amides is 1. The molecular formula is C20H25N5O3S.